The first-order valence-electron chi connectivity index (χ1n) is 10.4. The zero-order chi connectivity index (χ0) is 22.8. The molecule has 2 aromatic heterocycles. The lowest BCUT2D eigenvalue weighted by atomic mass is 10.2. The first-order valence-corrected chi connectivity index (χ1v) is 11.4. The second kappa shape index (κ2) is 8.96. The number of nitrogens with zero attached hydrogens (tertiary/aromatic N) is 3. The van der Waals surface area contributed by atoms with Gasteiger partial charge < -0.3 is 9.15 Å². The minimum atomic E-state index is -0.116. The maximum Gasteiger partial charge on any atom is 0.266 e. The second-order valence-corrected chi connectivity index (χ2v) is 8.37. The fourth-order valence-corrected chi connectivity index (χ4v) is 4.58. The van der Waals surface area contributed by atoms with E-state index in [0.29, 0.717) is 27.7 Å². The molecule has 0 amide bonds. The number of oxazole rings is 1. The Morgan fingerprint density at radius 1 is 0.939 bits per heavy atom. The van der Waals surface area contributed by atoms with Crippen molar-refractivity contribution >= 4 is 22.7 Å². The predicted molar refractivity (Wildman–Crippen MR) is 130 cm³/mol. The smallest absolute Gasteiger partial charge is 0.266 e. The average Bonchev–Trinajstić information content (AvgIpc) is 3.24. The molecule has 164 valence electrons. The van der Waals surface area contributed by atoms with E-state index in [9.17, 15) is 4.79 Å². The Labute approximate surface area is 194 Å². The third kappa shape index (κ3) is 4.15. The molecule has 0 N–H and O–H groups in total. The summed E-state index contributed by atoms with van der Waals surface area (Å²) in [6.45, 7) is 1.90. The molecule has 0 unspecified atom stereocenters. The number of aromatic nitrogens is 3. The Kier molecular flexibility index (Phi) is 5.71. The molecular formula is C26H21N3O3S. The molecule has 0 aliphatic rings. The zero-order valence-corrected chi connectivity index (χ0v) is 19.0. The molecule has 0 aliphatic carbocycles. The van der Waals surface area contributed by atoms with Crippen molar-refractivity contribution in [1.29, 1.82) is 0 Å². The van der Waals surface area contributed by atoms with Crippen LogP contribution in [0.1, 0.15) is 11.5 Å². The van der Waals surface area contributed by atoms with E-state index in [1.807, 2.05) is 79.7 Å². The fourth-order valence-electron chi connectivity index (χ4n) is 3.57. The standard InChI is InChI=1S/C26H21N3O3S/c1-17-23(27-24(32-17)18-8-4-3-5-9-18)16-33-26-28-22-11-7-6-10-21(22)25(30)29(26)19-12-14-20(31-2)15-13-19/h3-15H,16H2,1-2H3. The Morgan fingerprint density at radius 3 is 2.42 bits per heavy atom. The number of hydrogen-bond donors (Lipinski definition) is 0. The van der Waals surface area contributed by atoms with E-state index >= 15 is 0 Å². The third-order valence-electron chi connectivity index (χ3n) is 5.33. The summed E-state index contributed by atoms with van der Waals surface area (Å²) in [6, 6.07) is 24.6. The van der Waals surface area contributed by atoms with Crippen molar-refractivity contribution in [3.63, 3.8) is 0 Å². The van der Waals surface area contributed by atoms with Gasteiger partial charge in [0, 0.05) is 11.3 Å². The van der Waals surface area contributed by atoms with Crippen molar-refractivity contribution in [1.82, 2.24) is 14.5 Å². The van der Waals surface area contributed by atoms with Crippen LogP contribution in [-0.4, -0.2) is 21.6 Å². The molecule has 0 spiro atoms. The Balaban J connectivity index is 1.54. The normalized spacial score (nSPS) is 11.1. The Morgan fingerprint density at radius 2 is 1.67 bits per heavy atom. The minimum absolute atomic E-state index is 0.116. The highest BCUT2D eigenvalue weighted by atomic mass is 32.2. The number of aryl methyl sites for hydroxylation is 1. The van der Waals surface area contributed by atoms with Crippen LogP contribution in [0.25, 0.3) is 28.0 Å². The van der Waals surface area contributed by atoms with Gasteiger partial charge in [0.15, 0.2) is 5.16 Å². The van der Waals surface area contributed by atoms with Crippen molar-refractivity contribution < 1.29 is 9.15 Å². The van der Waals surface area contributed by atoms with Crippen LogP contribution >= 0.6 is 11.8 Å². The van der Waals surface area contributed by atoms with Gasteiger partial charge in [-0.25, -0.2) is 9.97 Å². The van der Waals surface area contributed by atoms with Gasteiger partial charge in [-0.15, -0.1) is 0 Å². The fraction of sp³-hybridized carbons (Fsp3) is 0.115. The van der Waals surface area contributed by atoms with Gasteiger partial charge in [0.25, 0.3) is 5.56 Å². The third-order valence-corrected chi connectivity index (χ3v) is 6.28. The second-order valence-electron chi connectivity index (χ2n) is 7.43. The molecule has 2 heterocycles. The number of hydrogen-bond acceptors (Lipinski definition) is 6. The van der Waals surface area contributed by atoms with Crippen molar-refractivity contribution in [2.45, 2.75) is 17.8 Å². The van der Waals surface area contributed by atoms with Crippen LogP contribution in [-0.2, 0) is 5.75 Å². The van der Waals surface area contributed by atoms with E-state index in [-0.39, 0.29) is 5.56 Å². The van der Waals surface area contributed by atoms with Gasteiger partial charge in [-0.05, 0) is 55.5 Å². The van der Waals surface area contributed by atoms with Gasteiger partial charge in [-0.2, -0.15) is 0 Å². The molecule has 0 saturated heterocycles. The molecule has 0 bridgehead atoms. The summed E-state index contributed by atoms with van der Waals surface area (Å²) in [5.74, 6) is 2.58. The topological polar surface area (TPSA) is 70.2 Å². The van der Waals surface area contributed by atoms with Gasteiger partial charge in [0.1, 0.15) is 11.5 Å². The lowest BCUT2D eigenvalue weighted by molar-refractivity contribution is 0.414. The van der Waals surface area contributed by atoms with E-state index < -0.39 is 0 Å². The van der Waals surface area contributed by atoms with E-state index in [1.165, 1.54) is 11.8 Å². The highest BCUT2D eigenvalue weighted by molar-refractivity contribution is 7.98. The number of ether oxygens (including phenoxy) is 1. The summed E-state index contributed by atoms with van der Waals surface area (Å²) in [7, 11) is 1.62. The molecule has 0 atom stereocenters. The SMILES string of the molecule is COc1ccc(-n2c(SCc3nc(-c4ccccc4)oc3C)nc3ccccc3c2=O)cc1. The van der Waals surface area contributed by atoms with Crippen LogP contribution in [0.3, 0.4) is 0 Å². The van der Waals surface area contributed by atoms with Crippen LogP contribution in [0.5, 0.6) is 5.75 Å². The summed E-state index contributed by atoms with van der Waals surface area (Å²) >= 11 is 1.45. The Bertz CT molecular complexity index is 1470. The Hall–Kier alpha value is -3.84. The summed E-state index contributed by atoms with van der Waals surface area (Å²) in [5.41, 5.74) is 3.02. The van der Waals surface area contributed by atoms with Crippen molar-refractivity contribution in [2.24, 2.45) is 0 Å². The average molecular weight is 456 g/mol. The van der Waals surface area contributed by atoms with Crippen LogP contribution in [0.15, 0.2) is 93.2 Å². The number of methoxy groups -OCH3 is 1. The van der Waals surface area contributed by atoms with E-state index in [0.717, 1.165) is 28.5 Å². The number of fused-ring (bicyclic) bond motifs is 1. The van der Waals surface area contributed by atoms with Gasteiger partial charge >= 0.3 is 0 Å². The van der Waals surface area contributed by atoms with Crippen LogP contribution in [0, 0.1) is 6.92 Å². The maximum absolute atomic E-state index is 13.4. The maximum atomic E-state index is 13.4. The van der Waals surface area contributed by atoms with E-state index in [1.54, 1.807) is 17.7 Å². The first kappa shape index (κ1) is 21.0. The largest absolute Gasteiger partial charge is 0.497 e. The van der Waals surface area contributed by atoms with Crippen LogP contribution < -0.4 is 10.3 Å². The molecule has 0 radical (unpaired) electrons. The molecular weight excluding hydrogens is 434 g/mol. The first-order chi connectivity index (χ1) is 16.1. The quantitative estimate of drug-likeness (QED) is 0.243. The van der Waals surface area contributed by atoms with E-state index in [2.05, 4.69) is 4.98 Å². The van der Waals surface area contributed by atoms with Gasteiger partial charge in [-0.3, -0.25) is 9.36 Å². The van der Waals surface area contributed by atoms with Crippen molar-refractivity contribution in [2.75, 3.05) is 7.11 Å². The highest BCUT2D eigenvalue weighted by Crippen LogP contribution is 2.28. The van der Waals surface area contributed by atoms with Gasteiger partial charge in [0.2, 0.25) is 5.89 Å². The molecule has 33 heavy (non-hydrogen) atoms. The van der Waals surface area contributed by atoms with Crippen molar-refractivity contribution in [3.8, 4) is 22.9 Å². The number of rotatable bonds is 6. The van der Waals surface area contributed by atoms with Crippen LogP contribution in [0.4, 0.5) is 0 Å². The summed E-state index contributed by atoms with van der Waals surface area (Å²) in [5, 5.41) is 1.16. The summed E-state index contributed by atoms with van der Waals surface area (Å²) in [6.07, 6.45) is 0. The van der Waals surface area contributed by atoms with Crippen LogP contribution in [0.2, 0.25) is 0 Å². The monoisotopic (exact) mass is 455 g/mol. The van der Waals surface area contributed by atoms with Gasteiger partial charge in [-0.1, -0.05) is 42.1 Å². The molecule has 0 saturated carbocycles. The molecule has 6 nitrogen and oxygen atoms in total. The number of thioether (sulfide) groups is 1. The van der Waals surface area contributed by atoms with Gasteiger partial charge in [0.05, 0.1) is 29.4 Å². The zero-order valence-electron chi connectivity index (χ0n) is 18.2. The minimum Gasteiger partial charge on any atom is -0.497 e. The van der Waals surface area contributed by atoms with E-state index in [4.69, 9.17) is 14.1 Å². The molecule has 3 aromatic carbocycles. The highest BCUT2D eigenvalue weighted by Gasteiger charge is 2.16. The number of para-hydroxylation sites is 1. The summed E-state index contributed by atoms with van der Waals surface area (Å²) < 4.78 is 12.8. The predicted octanol–water partition coefficient (Wildman–Crippen LogP) is 5.65. The molecule has 5 aromatic rings. The van der Waals surface area contributed by atoms with Crippen molar-refractivity contribution in [3.05, 3.63) is 101 Å². The molecule has 7 heteroatoms. The lowest BCUT2D eigenvalue weighted by Crippen LogP contribution is -2.21. The molecule has 5 rings (SSSR count). The molecule has 0 aliphatic heterocycles. The lowest BCUT2D eigenvalue weighted by Gasteiger charge is -2.13. The number of benzene rings is 3. The molecule has 0 fully saturated rings. The summed E-state index contributed by atoms with van der Waals surface area (Å²) in [4.78, 5) is 22.9.